The molecule has 0 spiro atoms. The molecule has 1 aromatic carbocycles. The quantitative estimate of drug-likeness (QED) is 0.477. The van der Waals surface area contributed by atoms with Crippen molar-refractivity contribution < 1.29 is 23.1 Å². The first kappa shape index (κ1) is 30.6. The van der Waals surface area contributed by atoms with Crippen LogP contribution in [0.1, 0.15) is 62.2 Å². The third-order valence-corrected chi connectivity index (χ3v) is 8.05. The van der Waals surface area contributed by atoms with E-state index in [9.17, 15) is 24.0 Å². The first-order valence-corrected chi connectivity index (χ1v) is 13.7. The Morgan fingerprint density at radius 2 is 2.00 bits per heavy atom. The molecule has 1 unspecified atom stereocenters. The molecule has 9 nitrogen and oxygen atoms in total. The molecule has 2 N–H and O–H groups in total. The maximum atomic E-state index is 15.7. The molecular formula is C31H35F2N5O4. The fraction of sp³-hybridized carbons (Fsp3) is 0.452. The van der Waals surface area contributed by atoms with Gasteiger partial charge in [-0.15, -0.1) is 0 Å². The molecule has 1 aliphatic heterocycles. The Bertz CT molecular complexity index is 1560. The minimum Gasteiger partial charge on any atom is -0.451 e. The number of carbonyl (C=O) groups excluding carboxylic acids is 2. The summed E-state index contributed by atoms with van der Waals surface area (Å²) >= 11 is 0. The van der Waals surface area contributed by atoms with Gasteiger partial charge in [0.05, 0.1) is 29.3 Å². The smallest absolute Gasteiger partial charge is 0.307 e. The van der Waals surface area contributed by atoms with Crippen molar-refractivity contribution in [2.45, 2.75) is 78.7 Å². The molecule has 11 heteroatoms. The van der Waals surface area contributed by atoms with Crippen molar-refractivity contribution in [1.82, 2.24) is 20.4 Å². The Kier molecular flexibility index (Phi) is 8.39. The number of allylic oxidation sites excluding steroid dienone is 3. The zero-order chi connectivity index (χ0) is 31.0. The molecule has 1 saturated heterocycles. The van der Waals surface area contributed by atoms with E-state index in [1.165, 1.54) is 36.1 Å². The third kappa shape index (κ3) is 5.98. The number of nitrogens with zero attached hydrogens (tertiary/aromatic N) is 3. The standard InChI is InChI=1S/C31H35F2N5O4/c1-17-12-20(9-10-23(17)42-24-13-18(2)36-37-28(24)40)27(39)35-19(3)29(41)38-25(30(4,5)16-34)14-22(33)26(38)31(6)11-7-8-21(32)15-31/h7-10,12-13,15,19,22,25-26H,11,14H2,1-6H3,(H,35,39)(H,37,40)/t19-,22+,25-,26+,31?/m1/s1. The molecule has 4 rings (SSSR count). The number of aromatic amines is 1. The van der Waals surface area contributed by atoms with E-state index in [0.717, 1.165) is 0 Å². The van der Waals surface area contributed by atoms with Crippen LogP contribution in [0.3, 0.4) is 0 Å². The monoisotopic (exact) mass is 579 g/mol. The van der Waals surface area contributed by atoms with Crippen molar-refractivity contribution in [3.8, 4) is 17.6 Å². The number of carbonyl (C=O) groups is 2. The number of nitrogens with one attached hydrogen (secondary N) is 2. The lowest BCUT2D eigenvalue weighted by molar-refractivity contribution is -0.140. The maximum Gasteiger partial charge on any atom is 0.307 e. The van der Waals surface area contributed by atoms with Crippen molar-refractivity contribution in [3.63, 3.8) is 0 Å². The molecule has 2 aromatic rings. The van der Waals surface area contributed by atoms with Crippen molar-refractivity contribution in [1.29, 1.82) is 5.26 Å². The van der Waals surface area contributed by atoms with Gasteiger partial charge >= 0.3 is 5.56 Å². The minimum absolute atomic E-state index is 0.0556. The lowest BCUT2D eigenvalue weighted by Gasteiger charge is -2.44. The second-order valence-corrected chi connectivity index (χ2v) is 11.9. The summed E-state index contributed by atoms with van der Waals surface area (Å²) in [7, 11) is 0. The van der Waals surface area contributed by atoms with E-state index in [-0.39, 0.29) is 17.7 Å². The molecule has 1 aliphatic carbocycles. The van der Waals surface area contributed by atoms with Gasteiger partial charge in [-0.2, -0.15) is 10.4 Å². The first-order valence-electron chi connectivity index (χ1n) is 13.7. The van der Waals surface area contributed by atoms with E-state index >= 15 is 4.39 Å². The summed E-state index contributed by atoms with van der Waals surface area (Å²) in [5, 5.41) is 18.7. The average molecular weight is 580 g/mol. The lowest BCUT2D eigenvalue weighted by Crippen LogP contribution is -2.58. The summed E-state index contributed by atoms with van der Waals surface area (Å²) in [5.41, 5.74) is -1.27. The van der Waals surface area contributed by atoms with Crippen molar-refractivity contribution in [2.24, 2.45) is 10.8 Å². The van der Waals surface area contributed by atoms with Crippen molar-refractivity contribution >= 4 is 11.8 Å². The molecule has 222 valence electrons. The van der Waals surface area contributed by atoms with Gasteiger partial charge in [-0.25, -0.2) is 13.9 Å². The largest absolute Gasteiger partial charge is 0.451 e. The predicted molar refractivity (Wildman–Crippen MR) is 152 cm³/mol. The van der Waals surface area contributed by atoms with Crippen LogP contribution in [0.2, 0.25) is 0 Å². The minimum atomic E-state index is -1.50. The zero-order valence-electron chi connectivity index (χ0n) is 24.5. The zero-order valence-corrected chi connectivity index (χ0v) is 24.5. The second kappa shape index (κ2) is 11.5. The fourth-order valence-corrected chi connectivity index (χ4v) is 5.76. The molecule has 2 heterocycles. The lowest BCUT2D eigenvalue weighted by atomic mass is 9.75. The Balaban J connectivity index is 1.57. The van der Waals surface area contributed by atoms with Crippen molar-refractivity contribution in [2.75, 3.05) is 0 Å². The van der Waals surface area contributed by atoms with Crippen LogP contribution in [0.4, 0.5) is 8.78 Å². The van der Waals surface area contributed by atoms with Gasteiger partial charge in [-0.3, -0.25) is 14.4 Å². The number of nitriles is 1. The summed E-state index contributed by atoms with van der Waals surface area (Å²) < 4.78 is 35.8. The number of alkyl halides is 1. The molecular weight excluding hydrogens is 544 g/mol. The Labute approximate surface area is 243 Å². The van der Waals surface area contributed by atoms with Crippen LogP contribution < -0.4 is 15.6 Å². The Morgan fingerprint density at radius 3 is 2.64 bits per heavy atom. The van der Waals surface area contributed by atoms with Crippen LogP contribution in [0.5, 0.6) is 11.5 Å². The molecule has 42 heavy (non-hydrogen) atoms. The van der Waals surface area contributed by atoms with E-state index in [1.54, 1.807) is 52.8 Å². The highest BCUT2D eigenvalue weighted by Gasteiger charge is 2.56. The van der Waals surface area contributed by atoms with E-state index in [0.29, 0.717) is 23.4 Å². The molecule has 1 fully saturated rings. The van der Waals surface area contributed by atoms with Crippen LogP contribution >= 0.6 is 0 Å². The number of hydrogen-bond acceptors (Lipinski definition) is 6. The number of likely N-dealkylation sites (tertiary alicyclic amines) is 1. The summed E-state index contributed by atoms with van der Waals surface area (Å²) in [6.07, 6.45) is 3.00. The number of hydrogen-bond donors (Lipinski definition) is 2. The molecule has 0 radical (unpaired) electrons. The molecule has 5 atom stereocenters. The Hall–Kier alpha value is -4.33. The summed E-state index contributed by atoms with van der Waals surface area (Å²) in [4.78, 5) is 40.5. The molecule has 2 aliphatic rings. The number of benzene rings is 1. The van der Waals surface area contributed by atoms with E-state index in [4.69, 9.17) is 4.74 Å². The summed E-state index contributed by atoms with van der Waals surface area (Å²) in [5.74, 6) is -1.21. The van der Waals surface area contributed by atoms with Gasteiger partial charge in [-0.1, -0.05) is 13.0 Å². The fourth-order valence-electron chi connectivity index (χ4n) is 5.76. The first-order chi connectivity index (χ1) is 19.7. The van der Waals surface area contributed by atoms with Gasteiger partial charge in [0.15, 0.2) is 5.75 Å². The van der Waals surface area contributed by atoms with Gasteiger partial charge in [-0.05, 0) is 77.0 Å². The highest BCUT2D eigenvalue weighted by atomic mass is 19.1. The molecule has 2 amide bonds. The number of ether oxygens (including phenoxy) is 1. The van der Waals surface area contributed by atoms with Crippen LogP contribution in [-0.2, 0) is 4.79 Å². The summed E-state index contributed by atoms with van der Waals surface area (Å²) in [6, 6.07) is 5.39. The van der Waals surface area contributed by atoms with Crippen molar-refractivity contribution in [3.05, 3.63) is 75.5 Å². The van der Waals surface area contributed by atoms with Crippen LogP contribution in [-0.4, -0.2) is 51.2 Å². The Morgan fingerprint density at radius 1 is 1.29 bits per heavy atom. The van der Waals surface area contributed by atoms with E-state index in [2.05, 4.69) is 21.6 Å². The highest BCUT2D eigenvalue weighted by Crippen LogP contribution is 2.48. The molecule has 0 bridgehead atoms. The van der Waals surface area contributed by atoms with Gasteiger partial charge in [0.25, 0.3) is 5.91 Å². The number of rotatable bonds is 7. The average Bonchev–Trinajstić information content (AvgIpc) is 3.29. The topological polar surface area (TPSA) is 128 Å². The highest BCUT2D eigenvalue weighted by molar-refractivity contribution is 5.98. The summed E-state index contributed by atoms with van der Waals surface area (Å²) in [6.45, 7) is 9.90. The second-order valence-electron chi connectivity index (χ2n) is 11.9. The van der Waals surface area contributed by atoms with Crippen LogP contribution in [0.15, 0.2) is 53.1 Å². The van der Waals surface area contributed by atoms with Crippen LogP contribution in [0, 0.1) is 36.0 Å². The van der Waals surface area contributed by atoms with E-state index < -0.39 is 58.3 Å². The SMILES string of the molecule is Cc1cc(Oc2ccc(C(=O)N[C@H](C)C(=O)N3[C@H](C4(C)C=C(F)C=CC4)[C@@H](F)C[C@@H]3C(C)(C)C#N)cc2C)c(=O)[nH]n1. The van der Waals surface area contributed by atoms with Crippen LogP contribution in [0.25, 0.3) is 0 Å². The normalized spacial score (nSPS) is 24.5. The van der Waals surface area contributed by atoms with Gasteiger partial charge in [0.1, 0.15) is 23.8 Å². The third-order valence-electron chi connectivity index (χ3n) is 8.05. The molecule has 0 saturated carbocycles. The number of aromatic nitrogens is 2. The van der Waals surface area contributed by atoms with E-state index in [1.807, 2.05) is 0 Å². The van der Waals surface area contributed by atoms with Gasteiger partial charge in [0, 0.05) is 23.5 Å². The number of aryl methyl sites for hydroxylation is 2. The predicted octanol–water partition coefficient (Wildman–Crippen LogP) is 4.97. The molecule has 1 aromatic heterocycles. The number of halogens is 2. The number of H-pyrrole nitrogens is 1. The van der Waals surface area contributed by atoms with Gasteiger partial charge < -0.3 is 15.0 Å². The van der Waals surface area contributed by atoms with Gasteiger partial charge in [0.2, 0.25) is 5.91 Å². The number of amides is 2. The maximum absolute atomic E-state index is 15.7.